The number of benzene rings is 1. The molecule has 0 saturated carbocycles. The number of amides is 2. The largest absolute Gasteiger partial charge is 0.492 e. The van der Waals surface area contributed by atoms with E-state index in [1.54, 1.807) is 7.05 Å². The lowest BCUT2D eigenvalue weighted by Gasteiger charge is -2.26. The Bertz CT molecular complexity index is 503. The molecule has 5 nitrogen and oxygen atoms in total. The monoisotopic (exact) mass is 310 g/mol. The molecule has 0 aliphatic rings. The first-order valence-electron chi connectivity index (χ1n) is 7.21. The Hall–Kier alpha value is -2.11. The van der Waals surface area contributed by atoms with Gasteiger partial charge in [0.2, 0.25) is 11.8 Å². The summed E-state index contributed by atoms with van der Waals surface area (Å²) < 4.78 is 18.2. The molecule has 1 N–H and O–H groups in total. The number of hydrogen-bond acceptors (Lipinski definition) is 3. The molecule has 122 valence electrons. The van der Waals surface area contributed by atoms with E-state index in [4.69, 9.17) is 4.74 Å². The van der Waals surface area contributed by atoms with Gasteiger partial charge in [-0.15, -0.1) is 0 Å². The zero-order chi connectivity index (χ0) is 16.7. The first-order chi connectivity index (χ1) is 10.3. The molecule has 1 rings (SSSR count). The predicted octanol–water partition coefficient (Wildman–Crippen LogP) is 1.82. The molecular weight excluding hydrogens is 287 g/mol. The summed E-state index contributed by atoms with van der Waals surface area (Å²) in [5.74, 6) is -0.174. The average molecular weight is 310 g/mol. The maximum atomic E-state index is 12.8. The number of nitrogens with zero attached hydrogens (tertiary/aromatic N) is 1. The molecule has 6 heteroatoms. The highest BCUT2D eigenvalue weighted by molar-refractivity contribution is 5.86. The summed E-state index contributed by atoms with van der Waals surface area (Å²) in [6.45, 7) is 5.81. The molecule has 1 aromatic rings. The molecule has 22 heavy (non-hydrogen) atoms. The van der Waals surface area contributed by atoms with Crippen molar-refractivity contribution in [1.82, 2.24) is 10.2 Å². The zero-order valence-electron chi connectivity index (χ0n) is 13.4. The third-order valence-corrected chi connectivity index (χ3v) is 3.18. The third-order valence-electron chi connectivity index (χ3n) is 3.18. The lowest BCUT2D eigenvalue weighted by molar-refractivity contribution is -0.136. The van der Waals surface area contributed by atoms with Crippen LogP contribution in [0.5, 0.6) is 5.75 Å². The van der Waals surface area contributed by atoms with Gasteiger partial charge in [-0.2, -0.15) is 0 Å². The van der Waals surface area contributed by atoms with Crippen LogP contribution in [0.25, 0.3) is 0 Å². The standard InChI is InChI=1S/C16H23FN2O3/c1-11(2)15(18-12(3)20)16(21)19(4)9-10-22-14-7-5-13(17)6-8-14/h5-8,11,15H,9-10H2,1-4H3,(H,18,20)/t15-/m0/s1. The second-order valence-corrected chi connectivity index (χ2v) is 5.48. The summed E-state index contributed by atoms with van der Waals surface area (Å²) >= 11 is 0. The molecule has 1 aromatic carbocycles. The van der Waals surface area contributed by atoms with Gasteiger partial charge in [0.1, 0.15) is 24.2 Å². The van der Waals surface area contributed by atoms with Crippen LogP contribution in [0.4, 0.5) is 4.39 Å². The number of carbonyl (C=O) groups is 2. The molecule has 1 atom stereocenters. The third kappa shape index (κ3) is 5.71. The summed E-state index contributed by atoms with van der Waals surface area (Å²) in [4.78, 5) is 25.0. The van der Waals surface area contributed by atoms with Crippen LogP contribution in [-0.4, -0.2) is 43.0 Å². The second-order valence-electron chi connectivity index (χ2n) is 5.48. The molecule has 0 heterocycles. The molecule has 0 spiro atoms. The smallest absolute Gasteiger partial charge is 0.245 e. The van der Waals surface area contributed by atoms with Gasteiger partial charge in [-0.3, -0.25) is 9.59 Å². The van der Waals surface area contributed by atoms with Gasteiger partial charge in [-0.1, -0.05) is 13.8 Å². The Morgan fingerprint density at radius 2 is 1.86 bits per heavy atom. The van der Waals surface area contributed by atoms with E-state index in [0.717, 1.165) is 0 Å². The van der Waals surface area contributed by atoms with Crippen molar-refractivity contribution < 1.29 is 18.7 Å². The Morgan fingerprint density at radius 1 is 1.27 bits per heavy atom. The van der Waals surface area contributed by atoms with E-state index in [1.165, 1.54) is 36.1 Å². The number of halogens is 1. The Balaban J connectivity index is 2.48. The SMILES string of the molecule is CC(=O)N[C@H](C(=O)N(C)CCOc1ccc(F)cc1)C(C)C. The molecular formula is C16H23FN2O3. The molecule has 0 unspecified atom stereocenters. The molecule has 2 amide bonds. The van der Waals surface area contributed by atoms with Gasteiger partial charge in [0.15, 0.2) is 0 Å². The van der Waals surface area contributed by atoms with Gasteiger partial charge >= 0.3 is 0 Å². The van der Waals surface area contributed by atoms with Crippen LogP contribution in [0.1, 0.15) is 20.8 Å². The van der Waals surface area contributed by atoms with E-state index in [9.17, 15) is 14.0 Å². The van der Waals surface area contributed by atoms with Crippen molar-refractivity contribution in [2.75, 3.05) is 20.2 Å². The van der Waals surface area contributed by atoms with E-state index in [-0.39, 0.29) is 23.5 Å². The number of likely N-dealkylation sites (N-methyl/N-ethyl adjacent to an activating group) is 1. The van der Waals surface area contributed by atoms with Gasteiger partial charge in [0.25, 0.3) is 0 Å². The Labute approximate surface area is 130 Å². The van der Waals surface area contributed by atoms with Crippen LogP contribution in [0.3, 0.4) is 0 Å². The molecule has 0 aromatic heterocycles. The molecule has 0 radical (unpaired) electrons. The van der Waals surface area contributed by atoms with Gasteiger partial charge in [-0.25, -0.2) is 4.39 Å². The quantitative estimate of drug-likeness (QED) is 0.836. The summed E-state index contributed by atoms with van der Waals surface area (Å²) in [7, 11) is 1.66. The normalized spacial score (nSPS) is 11.9. The first-order valence-corrected chi connectivity index (χ1v) is 7.21. The van der Waals surface area contributed by atoms with E-state index in [0.29, 0.717) is 18.9 Å². The van der Waals surface area contributed by atoms with Crippen molar-refractivity contribution in [1.29, 1.82) is 0 Å². The topological polar surface area (TPSA) is 58.6 Å². The molecule has 0 fully saturated rings. The second kappa shape index (κ2) is 8.36. The minimum atomic E-state index is -0.548. The fourth-order valence-electron chi connectivity index (χ4n) is 1.91. The number of ether oxygens (including phenoxy) is 1. The number of rotatable bonds is 7. The maximum Gasteiger partial charge on any atom is 0.245 e. The van der Waals surface area contributed by atoms with Crippen LogP contribution < -0.4 is 10.1 Å². The highest BCUT2D eigenvalue weighted by Gasteiger charge is 2.25. The fourth-order valence-corrected chi connectivity index (χ4v) is 1.91. The number of nitrogens with one attached hydrogen (secondary N) is 1. The van der Waals surface area contributed by atoms with E-state index >= 15 is 0 Å². The minimum Gasteiger partial charge on any atom is -0.492 e. The summed E-state index contributed by atoms with van der Waals surface area (Å²) in [6.07, 6.45) is 0. The van der Waals surface area contributed by atoms with E-state index in [1.807, 2.05) is 13.8 Å². The first kappa shape index (κ1) is 17.9. The lowest BCUT2D eigenvalue weighted by Crippen LogP contribution is -2.50. The number of carbonyl (C=O) groups excluding carboxylic acids is 2. The van der Waals surface area contributed by atoms with E-state index < -0.39 is 6.04 Å². The fraction of sp³-hybridized carbons (Fsp3) is 0.500. The van der Waals surface area contributed by atoms with Gasteiger partial charge in [-0.05, 0) is 30.2 Å². The van der Waals surface area contributed by atoms with Crippen LogP contribution >= 0.6 is 0 Å². The zero-order valence-corrected chi connectivity index (χ0v) is 13.4. The Kier molecular flexibility index (Phi) is 6.82. The minimum absolute atomic E-state index is 0.00290. The summed E-state index contributed by atoms with van der Waals surface area (Å²) in [5.41, 5.74) is 0. The van der Waals surface area contributed by atoms with Crippen LogP contribution in [0, 0.1) is 11.7 Å². The Morgan fingerprint density at radius 3 is 2.36 bits per heavy atom. The highest BCUT2D eigenvalue weighted by atomic mass is 19.1. The maximum absolute atomic E-state index is 12.8. The molecule has 0 aliphatic carbocycles. The van der Waals surface area contributed by atoms with Crippen molar-refractivity contribution in [3.63, 3.8) is 0 Å². The van der Waals surface area contributed by atoms with Crippen molar-refractivity contribution >= 4 is 11.8 Å². The van der Waals surface area contributed by atoms with Crippen LogP contribution in [0.15, 0.2) is 24.3 Å². The highest BCUT2D eigenvalue weighted by Crippen LogP contribution is 2.11. The van der Waals surface area contributed by atoms with Crippen molar-refractivity contribution in [3.05, 3.63) is 30.1 Å². The van der Waals surface area contributed by atoms with Gasteiger partial charge < -0.3 is 15.0 Å². The van der Waals surface area contributed by atoms with Gasteiger partial charge in [0, 0.05) is 14.0 Å². The molecule has 0 saturated heterocycles. The lowest BCUT2D eigenvalue weighted by atomic mass is 10.0. The predicted molar refractivity (Wildman–Crippen MR) is 82.0 cm³/mol. The van der Waals surface area contributed by atoms with Gasteiger partial charge in [0.05, 0.1) is 6.54 Å². The van der Waals surface area contributed by atoms with E-state index in [2.05, 4.69) is 5.32 Å². The summed E-state index contributed by atoms with van der Waals surface area (Å²) in [6, 6.07) is 5.15. The molecule has 0 aliphatic heterocycles. The number of hydrogen-bond donors (Lipinski definition) is 1. The van der Waals surface area contributed by atoms with Crippen molar-refractivity contribution in [2.45, 2.75) is 26.8 Å². The van der Waals surface area contributed by atoms with Crippen molar-refractivity contribution in [2.24, 2.45) is 5.92 Å². The molecule has 0 bridgehead atoms. The van der Waals surface area contributed by atoms with Crippen LogP contribution in [-0.2, 0) is 9.59 Å². The van der Waals surface area contributed by atoms with Crippen molar-refractivity contribution in [3.8, 4) is 5.75 Å². The van der Waals surface area contributed by atoms with Crippen LogP contribution in [0.2, 0.25) is 0 Å². The summed E-state index contributed by atoms with van der Waals surface area (Å²) in [5, 5.41) is 2.66. The average Bonchev–Trinajstić information content (AvgIpc) is 2.45.